The Morgan fingerprint density at radius 3 is 2.38 bits per heavy atom. The number of fused-ring (bicyclic) bond motifs is 1. The fourth-order valence-corrected chi connectivity index (χ4v) is 6.84. The predicted molar refractivity (Wildman–Crippen MR) is 148 cm³/mol. The molecule has 0 saturated carbocycles. The summed E-state index contributed by atoms with van der Waals surface area (Å²) < 4.78 is 24.5. The van der Waals surface area contributed by atoms with Crippen molar-refractivity contribution in [2.75, 3.05) is 24.2 Å². The lowest BCUT2D eigenvalue weighted by molar-refractivity contribution is -0.152. The molecule has 0 radical (unpaired) electrons. The van der Waals surface area contributed by atoms with E-state index in [1.807, 2.05) is 0 Å². The Kier molecular flexibility index (Phi) is 13.1. The quantitative estimate of drug-likeness (QED) is 0.107. The molecule has 210 valence electrons. The van der Waals surface area contributed by atoms with Crippen LogP contribution >= 0.6 is 22.6 Å². The lowest BCUT2D eigenvalue weighted by Gasteiger charge is -2.40. The third-order valence-corrected chi connectivity index (χ3v) is 9.14. The maximum Gasteiger partial charge on any atom is 0.306 e. The van der Waals surface area contributed by atoms with Gasteiger partial charge in [0.1, 0.15) is 11.7 Å². The predicted octanol–water partition coefficient (Wildman–Crippen LogP) is 4.54. The van der Waals surface area contributed by atoms with Crippen molar-refractivity contribution in [1.29, 1.82) is 0 Å². The molecular formula is C28H44INO7. The maximum atomic E-state index is 11.0. The summed E-state index contributed by atoms with van der Waals surface area (Å²) in [7, 11) is 0. The molecule has 0 amide bonds. The standard InChI is InChI=1S/C14H22INO3.C14H22O4/c1-16-7-6-11-4-5-13-14(10-15,19-11)9-12(18-13)3-2-8-17;1-10-9-12(3-2-8-15)17-13(10)6-4-11-5-7-14(16)18-11/h11-13,17H,2-10H2;11-13,15H,1-9H2/t11-,12+,13+,14-;11?,12-,13?/m10/s1. The summed E-state index contributed by atoms with van der Waals surface area (Å²) in [5, 5.41) is 17.7. The number of esters is 1. The van der Waals surface area contributed by atoms with Gasteiger partial charge >= 0.3 is 5.97 Å². The number of aliphatic hydroxyl groups is 2. The monoisotopic (exact) mass is 633 g/mol. The second-order valence-corrected chi connectivity index (χ2v) is 11.5. The molecule has 2 unspecified atom stereocenters. The Labute approximate surface area is 235 Å². The van der Waals surface area contributed by atoms with Crippen LogP contribution in [0.5, 0.6) is 0 Å². The van der Waals surface area contributed by atoms with Crippen LogP contribution in [0.15, 0.2) is 12.2 Å². The van der Waals surface area contributed by atoms with Gasteiger partial charge in [0.05, 0.1) is 30.5 Å². The zero-order chi connectivity index (χ0) is 26.7. The number of carbonyl (C=O) groups excluding carboxylic acids is 1. The molecular weight excluding hydrogens is 589 g/mol. The first-order chi connectivity index (χ1) is 17.9. The van der Waals surface area contributed by atoms with Crippen LogP contribution in [0.25, 0.3) is 4.85 Å². The lowest BCUT2D eigenvalue weighted by atomic mass is 9.87. The number of alkyl halides is 1. The molecule has 9 heteroatoms. The van der Waals surface area contributed by atoms with E-state index in [0.717, 1.165) is 87.1 Å². The summed E-state index contributed by atoms with van der Waals surface area (Å²) in [6, 6.07) is 0. The van der Waals surface area contributed by atoms with Crippen molar-refractivity contribution in [2.45, 2.75) is 126 Å². The van der Waals surface area contributed by atoms with Gasteiger partial charge in [0.15, 0.2) is 0 Å². The summed E-state index contributed by atoms with van der Waals surface area (Å²) >= 11 is 2.40. The van der Waals surface area contributed by atoms with Crippen molar-refractivity contribution in [3.8, 4) is 0 Å². The first-order valence-electron chi connectivity index (χ1n) is 13.9. The SMILES string of the molecule is C=C1C[C@H](CCCO)OC1CCC1CCC(=O)O1.[C-]#[N+]CC[C@H]1CC[C@@H]2O[C@@H](CCCO)C[C@]2(CI)O1. The Morgan fingerprint density at radius 1 is 0.973 bits per heavy atom. The van der Waals surface area contributed by atoms with Gasteiger partial charge in [-0.15, -0.1) is 0 Å². The van der Waals surface area contributed by atoms with Gasteiger partial charge in [-0.2, -0.15) is 0 Å². The average molecular weight is 634 g/mol. The van der Waals surface area contributed by atoms with Gasteiger partial charge in [0.2, 0.25) is 6.54 Å². The van der Waals surface area contributed by atoms with Gasteiger partial charge in [-0.1, -0.05) is 29.2 Å². The fourth-order valence-electron chi connectivity index (χ4n) is 5.86. The molecule has 37 heavy (non-hydrogen) atoms. The Bertz CT molecular complexity index is 774. The first-order valence-corrected chi connectivity index (χ1v) is 15.4. The van der Waals surface area contributed by atoms with Crippen molar-refractivity contribution >= 4 is 28.6 Å². The van der Waals surface area contributed by atoms with E-state index in [4.69, 9.17) is 35.7 Å². The van der Waals surface area contributed by atoms with Gasteiger partial charge in [-0.05, 0) is 69.8 Å². The topological polar surface area (TPSA) is 98.8 Å². The number of nitrogens with zero attached hydrogens (tertiary/aromatic N) is 1. The number of rotatable bonds is 12. The Morgan fingerprint density at radius 2 is 1.73 bits per heavy atom. The van der Waals surface area contributed by atoms with Crippen molar-refractivity contribution in [3.63, 3.8) is 0 Å². The third kappa shape index (κ3) is 9.14. The molecule has 4 fully saturated rings. The number of hydrogen-bond donors (Lipinski definition) is 2. The fraction of sp³-hybridized carbons (Fsp3) is 0.857. The molecule has 4 heterocycles. The number of hydrogen-bond acceptors (Lipinski definition) is 7. The molecule has 4 aliphatic rings. The molecule has 0 aliphatic carbocycles. The summed E-state index contributed by atoms with van der Waals surface area (Å²) in [6.07, 6.45) is 12.3. The second-order valence-electron chi connectivity index (χ2n) is 10.7. The van der Waals surface area contributed by atoms with E-state index in [1.54, 1.807) is 0 Å². The molecule has 8 nitrogen and oxygen atoms in total. The number of cyclic esters (lactones) is 1. The molecule has 0 spiro atoms. The number of carbonyl (C=O) groups is 1. The number of halogens is 1. The van der Waals surface area contributed by atoms with E-state index in [2.05, 4.69) is 34.0 Å². The van der Waals surface area contributed by atoms with E-state index in [1.165, 1.54) is 0 Å². The average Bonchev–Trinajstić information content (AvgIpc) is 3.60. The Balaban J connectivity index is 0.000000206. The molecule has 4 aliphatic heterocycles. The van der Waals surface area contributed by atoms with Crippen LogP contribution in [0.4, 0.5) is 0 Å². The van der Waals surface area contributed by atoms with Gasteiger partial charge in [-0.25, -0.2) is 6.57 Å². The highest BCUT2D eigenvalue weighted by Crippen LogP contribution is 2.44. The molecule has 0 aromatic carbocycles. The minimum absolute atomic E-state index is 0.0744. The highest BCUT2D eigenvalue weighted by Gasteiger charge is 2.52. The first kappa shape index (κ1) is 30.8. The molecule has 0 aromatic heterocycles. The van der Waals surface area contributed by atoms with E-state index in [-0.39, 0.29) is 61.4 Å². The van der Waals surface area contributed by atoms with Crippen molar-refractivity contribution in [1.82, 2.24) is 0 Å². The molecule has 4 rings (SSSR count). The van der Waals surface area contributed by atoms with Crippen LogP contribution in [0, 0.1) is 6.57 Å². The van der Waals surface area contributed by atoms with E-state index in [0.29, 0.717) is 13.0 Å². The van der Waals surface area contributed by atoms with Crippen LogP contribution in [-0.2, 0) is 23.7 Å². The normalized spacial score (nSPS) is 35.0. The Hall–Kier alpha value is -0.770. The van der Waals surface area contributed by atoms with Crippen molar-refractivity contribution < 1.29 is 34.0 Å². The van der Waals surface area contributed by atoms with Crippen LogP contribution < -0.4 is 0 Å². The smallest absolute Gasteiger partial charge is 0.306 e. The highest BCUT2D eigenvalue weighted by atomic mass is 127. The van der Waals surface area contributed by atoms with Crippen LogP contribution in [0.2, 0.25) is 0 Å². The lowest BCUT2D eigenvalue weighted by Crippen LogP contribution is -2.49. The number of ether oxygens (including phenoxy) is 4. The molecule has 0 bridgehead atoms. The largest absolute Gasteiger partial charge is 0.462 e. The second kappa shape index (κ2) is 15.7. The minimum Gasteiger partial charge on any atom is -0.462 e. The van der Waals surface area contributed by atoms with Gasteiger partial charge in [0, 0.05) is 36.9 Å². The minimum atomic E-state index is -0.147. The molecule has 0 aromatic rings. The van der Waals surface area contributed by atoms with Crippen LogP contribution in [-0.4, -0.2) is 82.6 Å². The van der Waals surface area contributed by atoms with Crippen molar-refractivity contribution in [2.24, 2.45) is 0 Å². The van der Waals surface area contributed by atoms with Gasteiger partial charge in [0.25, 0.3) is 0 Å². The third-order valence-electron chi connectivity index (χ3n) is 7.85. The molecule has 2 N–H and O–H groups in total. The highest BCUT2D eigenvalue weighted by molar-refractivity contribution is 14.1. The summed E-state index contributed by atoms with van der Waals surface area (Å²) in [6.45, 7) is 12.0. The van der Waals surface area contributed by atoms with E-state index >= 15 is 0 Å². The number of aliphatic hydroxyl groups excluding tert-OH is 2. The molecule has 4 saturated heterocycles. The van der Waals surface area contributed by atoms with Crippen LogP contribution in [0.1, 0.15) is 83.5 Å². The zero-order valence-corrected chi connectivity index (χ0v) is 24.1. The van der Waals surface area contributed by atoms with Gasteiger partial charge < -0.3 is 34.0 Å². The van der Waals surface area contributed by atoms with Gasteiger partial charge in [-0.3, -0.25) is 4.79 Å². The van der Waals surface area contributed by atoms with Crippen molar-refractivity contribution in [3.05, 3.63) is 23.6 Å². The summed E-state index contributed by atoms with van der Waals surface area (Å²) in [4.78, 5) is 14.4. The van der Waals surface area contributed by atoms with E-state index in [9.17, 15) is 4.79 Å². The van der Waals surface area contributed by atoms with Crippen LogP contribution in [0.3, 0.4) is 0 Å². The summed E-state index contributed by atoms with van der Waals surface area (Å²) in [5.41, 5.74) is 0.994. The molecule has 7 atom stereocenters. The zero-order valence-electron chi connectivity index (χ0n) is 22.0. The van der Waals surface area contributed by atoms with E-state index < -0.39 is 0 Å². The maximum absolute atomic E-state index is 11.0. The summed E-state index contributed by atoms with van der Waals surface area (Å²) in [5.74, 6) is -0.0769.